The van der Waals surface area contributed by atoms with E-state index in [4.69, 9.17) is 5.11 Å². The van der Waals surface area contributed by atoms with Crippen LogP contribution in [0.3, 0.4) is 0 Å². The number of carbonyl (C=O) groups excluding carboxylic acids is 1. The summed E-state index contributed by atoms with van der Waals surface area (Å²) in [6.07, 6.45) is 2.00. The van der Waals surface area contributed by atoms with Gasteiger partial charge in [-0.15, -0.1) is 11.8 Å². The van der Waals surface area contributed by atoms with Gasteiger partial charge in [-0.25, -0.2) is 9.59 Å². The van der Waals surface area contributed by atoms with E-state index in [1.807, 2.05) is 6.92 Å². The van der Waals surface area contributed by atoms with Crippen LogP contribution in [0.5, 0.6) is 0 Å². The first-order valence-corrected chi connectivity index (χ1v) is 7.48. The van der Waals surface area contributed by atoms with E-state index in [1.165, 1.54) is 16.7 Å². The minimum atomic E-state index is -0.926. The highest BCUT2D eigenvalue weighted by Gasteiger charge is 2.34. The van der Waals surface area contributed by atoms with Crippen LogP contribution in [-0.4, -0.2) is 45.7 Å². The molecule has 2 amide bonds. The fourth-order valence-electron chi connectivity index (χ4n) is 1.97. The van der Waals surface area contributed by atoms with Crippen LogP contribution in [0.4, 0.5) is 4.79 Å². The van der Waals surface area contributed by atoms with Crippen molar-refractivity contribution in [2.45, 2.75) is 45.7 Å². The van der Waals surface area contributed by atoms with Crippen LogP contribution in [0.1, 0.15) is 33.6 Å². The molecule has 0 radical (unpaired) electrons. The molecule has 1 fully saturated rings. The van der Waals surface area contributed by atoms with Gasteiger partial charge in [0.15, 0.2) is 0 Å². The third kappa shape index (κ3) is 4.08. The van der Waals surface area contributed by atoms with E-state index in [9.17, 15) is 9.59 Å². The predicted molar refractivity (Wildman–Crippen MR) is 72.7 cm³/mol. The second-order valence-electron chi connectivity index (χ2n) is 4.92. The van der Waals surface area contributed by atoms with Crippen molar-refractivity contribution in [2.75, 3.05) is 11.6 Å². The van der Waals surface area contributed by atoms with E-state index in [-0.39, 0.29) is 12.1 Å². The van der Waals surface area contributed by atoms with Gasteiger partial charge in [-0.05, 0) is 19.3 Å². The number of rotatable bonds is 5. The normalized spacial score (nSPS) is 22.6. The first-order chi connectivity index (χ1) is 8.45. The molecule has 0 aliphatic carbocycles. The number of carboxylic acids is 1. The lowest BCUT2D eigenvalue weighted by molar-refractivity contribution is -0.140. The zero-order valence-electron chi connectivity index (χ0n) is 11.2. The molecule has 104 valence electrons. The molecule has 0 saturated carbocycles. The van der Waals surface area contributed by atoms with Crippen molar-refractivity contribution in [3.05, 3.63) is 0 Å². The maximum absolute atomic E-state index is 12.0. The second kappa shape index (κ2) is 6.87. The van der Waals surface area contributed by atoms with Crippen LogP contribution in [0.15, 0.2) is 0 Å². The minimum absolute atomic E-state index is 0.0764. The average Bonchev–Trinajstić information content (AvgIpc) is 2.77. The lowest BCUT2D eigenvalue weighted by atomic mass is 10.0. The third-order valence-electron chi connectivity index (χ3n) is 3.25. The molecule has 0 aromatic rings. The fraction of sp³-hybridized carbons (Fsp3) is 0.833. The van der Waals surface area contributed by atoms with E-state index in [0.29, 0.717) is 17.5 Å². The maximum Gasteiger partial charge on any atom is 0.327 e. The summed E-state index contributed by atoms with van der Waals surface area (Å²) in [4.78, 5) is 24.4. The number of urea groups is 1. The summed E-state index contributed by atoms with van der Waals surface area (Å²) in [5.74, 6) is 0.565. The molecule has 3 atom stereocenters. The van der Waals surface area contributed by atoms with E-state index in [0.717, 1.165) is 12.8 Å². The molecule has 5 nitrogen and oxygen atoms in total. The van der Waals surface area contributed by atoms with Gasteiger partial charge in [-0.3, -0.25) is 0 Å². The maximum atomic E-state index is 12.0. The molecule has 0 spiro atoms. The first-order valence-electron chi connectivity index (χ1n) is 6.33. The summed E-state index contributed by atoms with van der Waals surface area (Å²) in [6.45, 7) is 6.23. The van der Waals surface area contributed by atoms with Gasteiger partial charge >= 0.3 is 12.0 Å². The van der Waals surface area contributed by atoms with Gasteiger partial charge in [-0.2, -0.15) is 0 Å². The van der Waals surface area contributed by atoms with Crippen LogP contribution in [-0.2, 0) is 4.79 Å². The Kier molecular flexibility index (Phi) is 5.78. The van der Waals surface area contributed by atoms with Crippen molar-refractivity contribution in [3.8, 4) is 0 Å². The average molecular weight is 274 g/mol. The number of hydrogen-bond acceptors (Lipinski definition) is 3. The number of thioether (sulfide) groups is 1. The molecule has 2 N–H and O–H groups in total. The van der Waals surface area contributed by atoms with E-state index < -0.39 is 12.0 Å². The summed E-state index contributed by atoms with van der Waals surface area (Å²) in [7, 11) is 0. The summed E-state index contributed by atoms with van der Waals surface area (Å²) in [6, 6.07) is -0.874. The predicted octanol–water partition coefficient (Wildman–Crippen LogP) is 1.98. The zero-order chi connectivity index (χ0) is 13.7. The Bertz CT molecular complexity index is 312. The molecule has 1 saturated heterocycles. The van der Waals surface area contributed by atoms with Crippen LogP contribution in [0.2, 0.25) is 0 Å². The minimum Gasteiger partial charge on any atom is -0.480 e. The summed E-state index contributed by atoms with van der Waals surface area (Å²) >= 11 is 1.48. The molecule has 6 heteroatoms. The topological polar surface area (TPSA) is 69.6 Å². The number of nitrogens with zero attached hydrogens (tertiary/aromatic N) is 1. The number of carbonyl (C=O) groups is 2. The van der Waals surface area contributed by atoms with Crippen molar-refractivity contribution in [1.29, 1.82) is 0 Å². The Labute approximate surface area is 112 Å². The molecular weight excluding hydrogens is 252 g/mol. The van der Waals surface area contributed by atoms with Gasteiger partial charge in [0.2, 0.25) is 0 Å². The van der Waals surface area contributed by atoms with Gasteiger partial charge in [0.05, 0.1) is 5.88 Å². The molecular formula is C12H22N2O3S. The first kappa shape index (κ1) is 15.1. The van der Waals surface area contributed by atoms with Gasteiger partial charge in [-0.1, -0.05) is 20.3 Å². The van der Waals surface area contributed by atoms with Gasteiger partial charge in [0.25, 0.3) is 0 Å². The van der Waals surface area contributed by atoms with Crippen LogP contribution in [0.25, 0.3) is 0 Å². The lowest BCUT2D eigenvalue weighted by Gasteiger charge is -2.24. The summed E-state index contributed by atoms with van der Waals surface area (Å²) in [5.41, 5.74) is 0. The molecule has 2 unspecified atom stereocenters. The van der Waals surface area contributed by atoms with Crippen LogP contribution >= 0.6 is 11.8 Å². The molecule has 0 aromatic carbocycles. The monoisotopic (exact) mass is 274 g/mol. The van der Waals surface area contributed by atoms with Crippen molar-refractivity contribution in [1.82, 2.24) is 10.2 Å². The van der Waals surface area contributed by atoms with Gasteiger partial charge in [0.1, 0.15) is 6.04 Å². The van der Waals surface area contributed by atoms with Crippen molar-refractivity contribution in [3.63, 3.8) is 0 Å². The summed E-state index contributed by atoms with van der Waals surface area (Å²) in [5, 5.41) is 11.9. The largest absolute Gasteiger partial charge is 0.480 e. The van der Waals surface area contributed by atoms with Gasteiger partial charge < -0.3 is 15.3 Å². The lowest BCUT2D eigenvalue weighted by Crippen LogP contribution is -2.49. The highest BCUT2D eigenvalue weighted by molar-refractivity contribution is 7.99. The van der Waals surface area contributed by atoms with E-state index in [2.05, 4.69) is 19.2 Å². The number of nitrogens with one attached hydrogen (secondary N) is 1. The Morgan fingerprint density at radius 3 is 2.72 bits per heavy atom. The SMILES string of the molecule is CCC(C)CC(C)NC(=O)N1CSC[C@H]1C(=O)O. The molecule has 1 aliphatic heterocycles. The Morgan fingerprint density at radius 2 is 2.17 bits per heavy atom. The molecule has 1 heterocycles. The van der Waals surface area contributed by atoms with Gasteiger partial charge in [0, 0.05) is 11.8 Å². The van der Waals surface area contributed by atoms with Crippen molar-refractivity contribution >= 4 is 23.8 Å². The molecule has 1 rings (SSSR count). The number of carboxylic acid groups (broad SMARTS) is 1. The quantitative estimate of drug-likeness (QED) is 0.804. The number of aliphatic carboxylic acids is 1. The van der Waals surface area contributed by atoms with Crippen molar-refractivity contribution < 1.29 is 14.7 Å². The third-order valence-corrected chi connectivity index (χ3v) is 4.26. The Balaban J connectivity index is 2.47. The highest BCUT2D eigenvalue weighted by atomic mass is 32.2. The van der Waals surface area contributed by atoms with Crippen LogP contribution in [0, 0.1) is 5.92 Å². The van der Waals surface area contributed by atoms with Crippen molar-refractivity contribution in [2.24, 2.45) is 5.92 Å². The van der Waals surface area contributed by atoms with Crippen LogP contribution < -0.4 is 5.32 Å². The van der Waals surface area contributed by atoms with E-state index in [1.54, 1.807) is 0 Å². The van der Waals surface area contributed by atoms with E-state index >= 15 is 0 Å². The molecule has 18 heavy (non-hydrogen) atoms. The summed E-state index contributed by atoms with van der Waals surface area (Å²) < 4.78 is 0. The molecule has 1 aliphatic rings. The number of amides is 2. The molecule has 0 bridgehead atoms. The number of hydrogen-bond donors (Lipinski definition) is 2. The zero-order valence-corrected chi connectivity index (χ0v) is 12.0. The highest BCUT2D eigenvalue weighted by Crippen LogP contribution is 2.21. The standard InChI is InChI=1S/C12H22N2O3S/c1-4-8(2)5-9(3)13-12(17)14-7-18-6-10(14)11(15)16/h8-10H,4-7H2,1-3H3,(H,13,17)(H,15,16)/t8?,9?,10-/m0/s1. The second-order valence-corrected chi connectivity index (χ2v) is 5.92. The molecule has 0 aromatic heterocycles. The smallest absolute Gasteiger partial charge is 0.327 e. The fourth-order valence-corrected chi connectivity index (χ4v) is 3.12. The Hall–Kier alpha value is -0.910. The Morgan fingerprint density at radius 1 is 1.50 bits per heavy atom.